The van der Waals surface area contributed by atoms with Crippen molar-refractivity contribution in [1.82, 2.24) is 9.78 Å². The zero-order chi connectivity index (χ0) is 14.4. The molecule has 6 heteroatoms. The maximum Gasteiger partial charge on any atom is 0.344 e. The van der Waals surface area contributed by atoms with Crippen molar-refractivity contribution in [2.75, 3.05) is 12.3 Å². The minimum atomic E-state index is -0.425. The van der Waals surface area contributed by atoms with Gasteiger partial charge in [0.1, 0.15) is 12.4 Å². The summed E-state index contributed by atoms with van der Waals surface area (Å²) >= 11 is 0. The van der Waals surface area contributed by atoms with Crippen LogP contribution in [0.15, 0.2) is 36.7 Å². The summed E-state index contributed by atoms with van der Waals surface area (Å²) in [5.74, 6) is 0.154. The molecule has 0 bridgehead atoms. The maximum atomic E-state index is 11.5. The molecule has 0 aliphatic rings. The molecule has 0 spiro atoms. The molecule has 6 nitrogen and oxygen atoms in total. The van der Waals surface area contributed by atoms with Crippen LogP contribution in [0.4, 0.5) is 5.69 Å². The molecule has 0 radical (unpaired) electrons. The van der Waals surface area contributed by atoms with Gasteiger partial charge in [0.25, 0.3) is 0 Å². The van der Waals surface area contributed by atoms with Crippen molar-refractivity contribution in [2.24, 2.45) is 0 Å². The highest BCUT2D eigenvalue weighted by Crippen LogP contribution is 2.13. The molecule has 1 heterocycles. The normalized spacial score (nSPS) is 10.2. The van der Waals surface area contributed by atoms with Crippen LogP contribution < -0.4 is 10.5 Å². The topological polar surface area (TPSA) is 79.4 Å². The molecule has 106 valence electrons. The van der Waals surface area contributed by atoms with Crippen LogP contribution in [0.1, 0.15) is 12.5 Å². The third-order valence-corrected chi connectivity index (χ3v) is 2.65. The van der Waals surface area contributed by atoms with Crippen molar-refractivity contribution in [2.45, 2.75) is 20.1 Å². The lowest BCUT2D eigenvalue weighted by molar-refractivity contribution is -0.147. The second kappa shape index (κ2) is 6.60. The lowest BCUT2D eigenvalue weighted by Gasteiger charge is -2.06. The molecule has 0 saturated heterocycles. The summed E-state index contributed by atoms with van der Waals surface area (Å²) in [7, 11) is 0. The molecule has 2 aromatic rings. The molecule has 0 aliphatic heterocycles. The Morgan fingerprint density at radius 1 is 1.35 bits per heavy atom. The van der Waals surface area contributed by atoms with Crippen molar-refractivity contribution in [3.8, 4) is 5.75 Å². The van der Waals surface area contributed by atoms with Crippen molar-refractivity contribution < 1.29 is 14.3 Å². The Kier molecular flexibility index (Phi) is 4.60. The minimum absolute atomic E-state index is 0.133. The second-order valence-electron chi connectivity index (χ2n) is 4.22. The summed E-state index contributed by atoms with van der Waals surface area (Å²) in [6.07, 6.45) is 3.52. The fourth-order valence-electron chi connectivity index (χ4n) is 1.57. The van der Waals surface area contributed by atoms with Gasteiger partial charge >= 0.3 is 5.97 Å². The molecule has 0 saturated carbocycles. The predicted molar refractivity (Wildman–Crippen MR) is 74.0 cm³/mol. The Bertz CT molecular complexity index is 563. The molecule has 1 aromatic heterocycles. The Morgan fingerprint density at radius 2 is 2.10 bits per heavy atom. The van der Waals surface area contributed by atoms with Gasteiger partial charge < -0.3 is 15.2 Å². The largest absolute Gasteiger partial charge is 0.482 e. The summed E-state index contributed by atoms with van der Waals surface area (Å²) in [5, 5.41) is 4.10. The summed E-state index contributed by atoms with van der Waals surface area (Å²) in [6.45, 7) is 2.84. The SMILES string of the molecule is CCn1cc(COC(=O)COc2ccc(N)cc2)cn1. The quantitative estimate of drug-likeness (QED) is 0.640. The third-order valence-electron chi connectivity index (χ3n) is 2.65. The van der Waals surface area contributed by atoms with Gasteiger partial charge in [0, 0.05) is 24.0 Å². The Labute approximate surface area is 117 Å². The molecular formula is C14H17N3O3. The number of ether oxygens (including phenoxy) is 2. The number of rotatable bonds is 6. The van der Waals surface area contributed by atoms with E-state index in [-0.39, 0.29) is 13.2 Å². The average Bonchev–Trinajstić information content (AvgIpc) is 2.92. The standard InChI is InChI=1S/C14H17N3O3/c1-2-17-8-11(7-16-17)9-20-14(18)10-19-13-5-3-12(15)4-6-13/h3-8H,2,9-10,15H2,1H3. The zero-order valence-electron chi connectivity index (χ0n) is 11.3. The molecular weight excluding hydrogens is 258 g/mol. The number of carbonyl (C=O) groups is 1. The molecule has 2 N–H and O–H groups in total. The van der Waals surface area contributed by atoms with E-state index in [1.165, 1.54) is 0 Å². The Morgan fingerprint density at radius 3 is 2.75 bits per heavy atom. The van der Waals surface area contributed by atoms with Gasteiger partial charge in [-0.2, -0.15) is 5.10 Å². The van der Waals surface area contributed by atoms with Crippen LogP contribution in [-0.4, -0.2) is 22.4 Å². The summed E-state index contributed by atoms with van der Waals surface area (Å²) in [6, 6.07) is 6.82. The smallest absolute Gasteiger partial charge is 0.344 e. The fraction of sp³-hybridized carbons (Fsp3) is 0.286. The number of esters is 1. The van der Waals surface area contributed by atoms with E-state index in [0.29, 0.717) is 11.4 Å². The molecule has 0 unspecified atom stereocenters. The van der Waals surface area contributed by atoms with Gasteiger partial charge in [-0.1, -0.05) is 0 Å². The van der Waals surface area contributed by atoms with Crippen molar-refractivity contribution in [3.05, 3.63) is 42.2 Å². The number of carbonyl (C=O) groups excluding carboxylic acids is 1. The van der Waals surface area contributed by atoms with E-state index >= 15 is 0 Å². The third kappa shape index (κ3) is 4.01. The number of nitrogen functional groups attached to an aromatic ring is 1. The summed E-state index contributed by atoms with van der Waals surface area (Å²) in [5.41, 5.74) is 7.05. The number of aryl methyl sites for hydroxylation is 1. The molecule has 0 atom stereocenters. The first-order valence-corrected chi connectivity index (χ1v) is 6.32. The zero-order valence-corrected chi connectivity index (χ0v) is 11.3. The number of benzene rings is 1. The first-order valence-electron chi connectivity index (χ1n) is 6.32. The van der Waals surface area contributed by atoms with Gasteiger partial charge in [0.05, 0.1) is 6.20 Å². The van der Waals surface area contributed by atoms with Gasteiger partial charge in [0.15, 0.2) is 6.61 Å². The van der Waals surface area contributed by atoms with Crippen LogP contribution >= 0.6 is 0 Å². The number of aromatic nitrogens is 2. The first kappa shape index (κ1) is 13.9. The highest BCUT2D eigenvalue weighted by molar-refractivity contribution is 5.71. The van der Waals surface area contributed by atoms with E-state index in [1.807, 2.05) is 13.1 Å². The van der Waals surface area contributed by atoms with Gasteiger partial charge in [-0.05, 0) is 31.2 Å². The first-order chi connectivity index (χ1) is 9.67. The van der Waals surface area contributed by atoms with E-state index in [0.717, 1.165) is 12.1 Å². The highest BCUT2D eigenvalue weighted by Gasteiger charge is 2.06. The van der Waals surface area contributed by atoms with Crippen molar-refractivity contribution in [3.63, 3.8) is 0 Å². The monoisotopic (exact) mass is 275 g/mol. The van der Waals surface area contributed by atoms with Gasteiger partial charge in [-0.25, -0.2) is 4.79 Å². The highest BCUT2D eigenvalue weighted by atomic mass is 16.6. The summed E-state index contributed by atoms with van der Waals surface area (Å²) < 4.78 is 12.1. The fourth-order valence-corrected chi connectivity index (χ4v) is 1.57. The van der Waals surface area contributed by atoms with Gasteiger partial charge in [-0.3, -0.25) is 4.68 Å². The van der Waals surface area contributed by atoms with Crippen LogP contribution in [-0.2, 0) is 22.7 Å². The Hall–Kier alpha value is -2.50. The lowest BCUT2D eigenvalue weighted by Crippen LogP contribution is -2.14. The van der Waals surface area contributed by atoms with Gasteiger partial charge in [0.2, 0.25) is 0 Å². The molecule has 20 heavy (non-hydrogen) atoms. The van der Waals surface area contributed by atoms with E-state index in [1.54, 1.807) is 35.1 Å². The van der Waals surface area contributed by atoms with Gasteiger partial charge in [-0.15, -0.1) is 0 Å². The maximum absolute atomic E-state index is 11.5. The lowest BCUT2D eigenvalue weighted by atomic mass is 10.3. The van der Waals surface area contributed by atoms with Crippen molar-refractivity contribution >= 4 is 11.7 Å². The molecule has 0 amide bonds. The van der Waals surface area contributed by atoms with E-state index in [9.17, 15) is 4.79 Å². The summed E-state index contributed by atoms with van der Waals surface area (Å²) in [4.78, 5) is 11.5. The molecule has 2 rings (SSSR count). The number of hydrogen-bond donors (Lipinski definition) is 1. The second-order valence-corrected chi connectivity index (χ2v) is 4.22. The number of anilines is 1. The number of hydrogen-bond acceptors (Lipinski definition) is 5. The number of nitrogens with two attached hydrogens (primary N) is 1. The van der Waals surface area contributed by atoms with Crippen molar-refractivity contribution in [1.29, 1.82) is 0 Å². The minimum Gasteiger partial charge on any atom is -0.482 e. The van der Waals surface area contributed by atoms with Crippen LogP contribution in [0.5, 0.6) is 5.75 Å². The average molecular weight is 275 g/mol. The Balaban J connectivity index is 1.74. The molecule has 0 fully saturated rings. The molecule has 1 aromatic carbocycles. The van der Waals surface area contributed by atoms with Crippen LogP contribution in [0.2, 0.25) is 0 Å². The van der Waals surface area contributed by atoms with E-state index < -0.39 is 5.97 Å². The van der Waals surface area contributed by atoms with E-state index in [4.69, 9.17) is 15.2 Å². The van der Waals surface area contributed by atoms with Crippen LogP contribution in [0, 0.1) is 0 Å². The van der Waals surface area contributed by atoms with E-state index in [2.05, 4.69) is 5.10 Å². The predicted octanol–water partition coefficient (Wildman–Crippen LogP) is 1.61. The molecule has 0 aliphatic carbocycles. The number of nitrogens with zero attached hydrogens (tertiary/aromatic N) is 2. The van der Waals surface area contributed by atoms with Crippen LogP contribution in [0.25, 0.3) is 0 Å². The van der Waals surface area contributed by atoms with Crippen LogP contribution in [0.3, 0.4) is 0 Å².